The molecule has 1 aliphatic rings. The molecular weight excluding hydrogens is 251 g/mol. The molecule has 1 aromatic rings. The number of aryl methyl sites for hydroxylation is 1. The van der Waals surface area contributed by atoms with E-state index in [1.807, 2.05) is 6.07 Å². The predicted octanol–water partition coefficient (Wildman–Crippen LogP) is 3.49. The molecule has 3 heteroatoms. The van der Waals surface area contributed by atoms with Crippen LogP contribution in [0.4, 0.5) is 4.39 Å². The van der Waals surface area contributed by atoms with Gasteiger partial charge in [-0.1, -0.05) is 19.9 Å². The van der Waals surface area contributed by atoms with Gasteiger partial charge in [0, 0.05) is 31.2 Å². The van der Waals surface area contributed by atoms with Crippen molar-refractivity contribution in [1.29, 1.82) is 0 Å². The number of hydrogen-bond acceptors (Lipinski definition) is 2. The van der Waals surface area contributed by atoms with E-state index >= 15 is 0 Å². The summed E-state index contributed by atoms with van der Waals surface area (Å²) in [7, 11) is 0. The average Bonchev–Trinajstić information content (AvgIpc) is 2.43. The Hall–Kier alpha value is -0.930. The van der Waals surface area contributed by atoms with E-state index in [0.29, 0.717) is 6.04 Å². The molecule has 1 heterocycles. The van der Waals surface area contributed by atoms with Crippen molar-refractivity contribution in [3.05, 3.63) is 35.1 Å². The van der Waals surface area contributed by atoms with Crippen LogP contribution >= 0.6 is 0 Å². The van der Waals surface area contributed by atoms with E-state index in [-0.39, 0.29) is 11.4 Å². The van der Waals surface area contributed by atoms with Gasteiger partial charge in [0.2, 0.25) is 0 Å². The highest BCUT2D eigenvalue weighted by atomic mass is 19.1. The first-order valence-corrected chi connectivity index (χ1v) is 7.71. The molecule has 2 atom stereocenters. The van der Waals surface area contributed by atoms with Crippen LogP contribution in [0.3, 0.4) is 0 Å². The molecule has 0 amide bonds. The molecule has 0 saturated carbocycles. The lowest BCUT2D eigenvalue weighted by molar-refractivity contribution is 0.0752. The van der Waals surface area contributed by atoms with Crippen LogP contribution < -0.4 is 5.32 Å². The van der Waals surface area contributed by atoms with Crippen molar-refractivity contribution in [2.75, 3.05) is 13.1 Å². The summed E-state index contributed by atoms with van der Waals surface area (Å²) >= 11 is 0. The smallest absolute Gasteiger partial charge is 0.123 e. The van der Waals surface area contributed by atoms with Gasteiger partial charge in [0.15, 0.2) is 0 Å². The van der Waals surface area contributed by atoms with Crippen LogP contribution in [0.5, 0.6) is 0 Å². The average molecular weight is 278 g/mol. The molecule has 112 valence electrons. The third kappa shape index (κ3) is 3.39. The molecular formula is C17H27FN2. The maximum atomic E-state index is 13.5. The second-order valence-electron chi connectivity index (χ2n) is 6.33. The number of nitrogens with zero attached hydrogens (tertiary/aromatic N) is 1. The first-order valence-electron chi connectivity index (χ1n) is 7.71. The second-order valence-corrected chi connectivity index (χ2v) is 6.33. The molecule has 0 aliphatic carbocycles. The van der Waals surface area contributed by atoms with E-state index in [1.54, 1.807) is 12.1 Å². The van der Waals surface area contributed by atoms with Gasteiger partial charge in [-0.25, -0.2) is 4.39 Å². The van der Waals surface area contributed by atoms with Gasteiger partial charge in [-0.15, -0.1) is 0 Å². The van der Waals surface area contributed by atoms with Gasteiger partial charge < -0.3 is 5.32 Å². The zero-order valence-corrected chi connectivity index (χ0v) is 13.2. The van der Waals surface area contributed by atoms with Crippen LogP contribution in [-0.4, -0.2) is 29.6 Å². The summed E-state index contributed by atoms with van der Waals surface area (Å²) in [5.41, 5.74) is 2.47. The normalized spacial score (nSPS) is 27.8. The maximum absolute atomic E-state index is 13.5. The molecule has 0 aromatic heterocycles. The SMILES string of the molecule is CCC1CNC(C)(CC)CN1Cc1cc(F)ccc1C. The van der Waals surface area contributed by atoms with E-state index in [0.717, 1.165) is 38.0 Å². The lowest BCUT2D eigenvalue weighted by Crippen LogP contribution is -2.62. The summed E-state index contributed by atoms with van der Waals surface area (Å²) in [6, 6.07) is 5.65. The highest BCUT2D eigenvalue weighted by Gasteiger charge is 2.33. The fraction of sp³-hybridized carbons (Fsp3) is 0.647. The summed E-state index contributed by atoms with van der Waals surface area (Å²) in [5.74, 6) is -0.132. The predicted molar refractivity (Wildman–Crippen MR) is 82.3 cm³/mol. The van der Waals surface area contributed by atoms with Crippen molar-refractivity contribution in [3.63, 3.8) is 0 Å². The molecule has 1 N–H and O–H groups in total. The third-order valence-electron chi connectivity index (χ3n) is 4.77. The number of halogens is 1. The fourth-order valence-corrected chi connectivity index (χ4v) is 2.98. The van der Waals surface area contributed by atoms with Crippen molar-refractivity contribution >= 4 is 0 Å². The fourth-order valence-electron chi connectivity index (χ4n) is 2.98. The van der Waals surface area contributed by atoms with Gasteiger partial charge in [-0.05, 0) is 49.9 Å². The van der Waals surface area contributed by atoms with Crippen molar-refractivity contribution in [2.45, 2.75) is 58.7 Å². The van der Waals surface area contributed by atoms with Crippen molar-refractivity contribution < 1.29 is 4.39 Å². The topological polar surface area (TPSA) is 15.3 Å². The largest absolute Gasteiger partial charge is 0.309 e. The highest BCUT2D eigenvalue weighted by molar-refractivity contribution is 5.26. The molecule has 2 rings (SSSR count). The molecule has 2 nitrogen and oxygen atoms in total. The van der Waals surface area contributed by atoms with Gasteiger partial charge in [-0.3, -0.25) is 4.90 Å². The molecule has 1 saturated heterocycles. The Bertz CT molecular complexity index is 460. The monoisotopic (exact) mass is 278 g/mol. The summed E-state index contributed by atoms with van der Waals surface area (Å²) < 4.78 is 13.5. The Kier molecular flexibility index (Phi) is 4.82. The standard InChI is InChI=1S/C17H27FN2/c1-5-16-10-19-17(4,6-2)12-20(16)11-14-9-15(18)8-7-13(14)3/h7-9,16,19H,5-6,10-12H2,1-4H3. The maximum Gasteiger partial charge on any atom is 0.123 e. The van der Waals surface area contributed by atoms with E-state index in [2.05, 4.69) is 37.9 Å². The molecule has 20 heavy (non-hydrogen) atoms. The van der Waals surface area contributed by atoms with Crippen LogP contribution in [0.1, 0.15) is 44.7 Å². The third-order valence-corrected chi connectivity index (χ3v) is 4.77. The van der Waals surface area contributed by atoms with E-state index < -0.39 is 0 Å². The molecule has 0 radical (unpaired) electrons. The number of benzene rings is 1. The lowest BCUT2D eigenvalue weighted by Gasteiger charge is -2.46. The van der Waals surface area contributed by atoms with Crippen molar-refractivity contribution in [1.82, 2.24) is 10.2 Å². The second kappa shape index (κ2) is 6.23. The van der Waals surface area contributed by atoms with Gasteiger partial charge in [0.1, 0.15) is 5.82 Å². The van der Waals surface area contributed by atoms with E-state index in [9.17, 15) is 4.39 Å². The zero-order valence-electron chi connectivity index (χ0n) is 13.2. The Morgan fingerprint density at radius 2 is 2.15 bits per heavy atom. The van der Waals surface area contributed by atoms with E-state index in [1.165, 1.54) is 5.56 Å². The number of rotatable bonds is 4. The van der Waals surface area contributed by atoms with Crippen molar-refractivity contribution in [2.24, 2.45) is 0 Å². The summed E-state index contributed by atoms with van der Waals surface area (Å²) in [4.78, 5) is 2.52. The summed E-state index contributed by atoms with van der Waals surface area (Å²) in [6.45, 7) is 11.7. The van der Waals surface area contributed by atoms with Crippen LogP contribution in [0, 0.1) is 12.7 Å². The van der Waals surface area contributed by atoms with Gasteiger partial charge in [-0.2, -0.15) is 0 Å². The molecule has 1 aromatic carbocycles. The van der Waals surface area contributed by atoms with Crippen LogP contribution in [0.25, 0.3) is 0 Å². The number of hydrogen-bond donors (Lipinski definition) is 1. The van der Waals surface area contributed by atoms with Gasteiger partial charge in [0.05, 0.1) is 0 Å². The lowest BCUT2D eigenvalue weighted by atomic mass is 9.92. The zero-order chi connectivity index (χ0) is 14.8. The van der Waals surface area contributed by atoms with Gasteiger partial charge >= 0.3 is 0 Å². The minimum absolute atomic E-state index is 0.132. The Balaban J connectivity index is 2.17. The Morgan fingerprint density at radius 1 is 1.40 bits per heavy atom. The first-order chi connectivity index (χ1) is 9.47. The molecule has 1 fully saturated rings. The Labute approximate surface area is 122 Å². The highest BCUT2D eigenvalue weighted by Crippen LogP contribution is 2.23. The van der Waals surface area contributed by atoms with Crippen LogP contribution in [-0.2, 0) is 6.54 Å². The Morgan fingerprint density at radius 3 is 2.80 bits per heavy atom. The molecule has 1 aliphatic heterocycles. The summed E-state index contributed by atoms with van der Waals surface area (Å²) in [6.07, 6.45) is 2.24. The summed E-state index contributed by atoms with van der Waals surface area (Å²) in [5, 5.41) is 3.67. The van der Waals surface area contributed by atoms with Crippen molar-refractivity contribution in [3.8, 4) is 0 Å². The molecule has 0 spiro atoms. The van der Waals surface area contributed by atoms with Crippen LogP contribution in [0.2, 0.25) is 0 Å². The quantitative estimate of drug-likeness (QED) is 0.907. The molecule has 2 unspecified atom stereocenters. The number of piperazine rings is 1. The van der Waals surface area contributed by atoms with E-state index in [4.69, 9.17) is 0 Å². The minimum Gasteiger partial charge on any atom is -0.309 e. The van der Waals surface area contributed by atoms with Gasteiger partial charge in [0.25, 0.3) is 0 Å². The minimum atomic E-state index is -0.132. The molecule has 0 bridgehead atoms. The van der Waals surface area contributed by atoms with Crippen LogP contribution in [0.15, 0.2) is 18.2 Å². The number of nitrogens with one attached hydrogen (secondary N) is 1. The first kappa shape index (κ1) is 15.5.